The van der Waals surface area contributed by atoms with Crippen LogP contribution in [0.1, 0.15) is 38.5 Å². The second-order valence-corrected chi connectivity index (χ2v) is 8.06. The molecular weight excluding hydrogens is 250 g/mol. The highest BCUT2D eigenvalue weighted by atomic mass is 32.2. The zero-order chi connectivity index (χ0) is 13.2. The van der Waals surface area contributed by atoms with Crippen LogP contribution in [-0.4, -0.2) is 57.2 Å². The lowest BCUT2D eigenvalue weighted by molar-refractivity contribution is -0.00749. The van der Waals surface area contributed by atoms with Gasteiger partial charge >= 0.3 is 0 Å². The number of likely N-dealkylation sites (N-methyl/N-ethyl adjacent to an activating group) is 1. The molecule has 2 aliphatic rings. The first-order chi connectivity index (χ1) is 8.48. The smallest absolute Gasteiger partial charge is 0.151 e. The van der Waals surface area contributed by atoms with Gasteiger partial charge in [0.2, 0.25) is 0 Å². The van der Waals surface area contributed by atoms with Crippen molar-refractivity contribution < 1.29 is 13.2 Å². The SMILES string of the molecule is CN(C[C@@H]1CCCCO1)[C@H]1CCC[C@H]1S(C)(=O)=O. The maximum Gasteiger partial charge on any atom is 0.151 e. The molecule has 1 aliphatic carbocycles. The molecule has 0 spiro atoms. The molecule has 0 radical (unpaired) electrons. The van der Waals surface area contributed by atoms with Crippen LogP contribution in [0.5, 0.6) is 0 Å². The van der Waals surface area contributed by atoms with Crippen LogP contribution in [-0.2, 0) is 14.6 Å². The molecule has 0 aromatic heterocycles. The van der Waals surface area contributed by atoms with E-state index >= 15 is 0 Å². The summed E-state index contributed by atoms with van der Waals surface area (Å²) in [6, 6.07) is 0.186. The van der Waals surface area contributed by atoms with Gasteiger partial charge in [-0.1, -0.05) is 6.42 Å². The fourth-order valence-corrected chi connectivity index (χ4v) is 4.83. The van der Waals surface area contributed by atoms with Gasteiger partial charge in [-0.25, -0.2) is 8.42 Å². The Hall–Kier alpha value is -0.130. The zero-order valence-electron chi connectivity index (χ0n) is 11.5. The van der Waals surface area contributed by atoms with Gasteiger partial charge in [0.15, 0.2) is 9.84 Å². The molecule has 0 aromatic carbocycles. The number of ether oxygens (including phenoxy) is 1. The van der Waals surface area contributed by atoms with Crippen LogP contribution in [0.4, 0.5) is 0 Å². The Morgan fingerprint density at radius 3 is 2.56 bits per heavy atom. The van der Waals surface area contributed by atoms with E-state index in [1.54, 1.807) is 0 Å². The predicted octanol–water partition coefficient (Wildman–Crippen LogP) is 1.45. The standard InChI is InChI=1S/C13H25NO3S/c1-14(10-11-6-3-4-9-17-11)12-7-5-8-13(12)18(2,15)16/h11-13H,3-10H2,1-2H3/t11-,12-,13+/m0/s1. The summed E-state index contributed by atoms with van der Waals surface area (Å²) in [5.74, 6) is 0. The maximum absolute atomic E-state index is 11.8. The van der Waals surface area contributed by atoms with E-state index in [4.69, 9.17) is 4.74 Å². The molecule has 5 heteroatoms. The molecular formula is C13H25NO3S. The van der Waals surface area contributed by atoms with Gasteiger partial charge in [-0.2, -0.15) is 0 Å². The average Bonchev–Trinajstić information content (AvgIpc) is 2.79. The number of rotatable bonds is 4. The van der Waals surface area contributed by atoms with Crippen LogP contribution < -0.4 is 0 Å². The van der Waals surface area contributed by atoms with Gasteiger partial charge < -0.3 is 4.74 Å². The third-order valence-electron chi connectivity index (χ3n) is 4.30. The van der Waals surface area contributed by atoms with Crippen molar-refractivity contribution in [2.45, 2.75) is 55.9 Å². The first kappa shape index (κ1) is 14.3. The van der Waals surface area contributed by atoms with Gasteiger partial charge in [0.25, 0.3) is 0 Å². The number of sulfone groups is 1. The lowest BCUT2D eigenvalue weighted by Gasteiger charge is -2.33. The minimum Gasteiger partial charge on any atom is -0.377 e. The Morgan fingerprint density at radius 1 is 1.17 bits per heavy atom. The van der Waals surface area contributed by atoms with Crippen LogP contribution in [0, 0.1) is 0 Å². The molecule has 2 rings (SSSR count). The monoisotopic (exact) mass is 275 g/mol. The minimum absolute atomic E-state index is 0.175. The van der Waals surface area contributed by atoms with E-state index in [1.807, 2.05) is 7.05 Å². The highest BCUT2D eigenvalue weighted by molar-refractivity contribution is 7.91. The quantitative estimate of drug-likeness (QED) is 0.779. The van der Waals surface area contributed by atoms with Gasteiger partial charge in [0.05, 0.1) is 11.4 Å². The molecule has 106 valence electrons. The summed E-state index contributed by atoms with van der Waals surface area (Å²) in [5, 5.41) is -0.175. The topological polar surface area (TPSA) is 46.6 Å². The highest BCUT2D eigenvalue weighted by Gasteiger charge is 2.37. The molecule has 1 aliphatic heterocycles. The fraction of sp³-hybridized carbons (Fsp3) is 1.00. The van der Waals surface area contributed by atoms with Crippen molar-refractivity contribution >= 4 is 9.84 Å². The molecule has 18 heavy (non-hydrogen) atoms. The Bertz CT molecular complexity index is 362. The van der Waals surface area contributed by atoms with E-state index in [9.17, 15) is 8.42 Å². The van der Waals surface area contributed by atoms with E-state index in [0.29, 0.717) is 6.10 Å². The van der Waals surface area contributed by atoms with Crippen molar-refractivity contribution in [1.82, 2.24) is 4.90 Å². The van der Waals surface area contributed by atoms with Gasteiger partial charge in [0.1, 0.15) is 0 Å². The van der Waals surface area contributed by atoms with Crippen molar-refractivity contribution in [3.05, 3.63) is 0 Å². The molecule has 0 amide bonds. The third-order valence-corrected chi connectivity index (χ3v) is 5.95. The predicted molar refractivity (Wildman–Crippen MR) is 72.5 cm³/mol. The Morgan fingerprint density at radius 2 is 1.94 bits per heavy atom. The van der Waals surface area contributed by atoms with Gasteiger partial charge in [0, 0.05) is 25.4 Å². The third kappa shape index (κ3) is 3.45. The number of hydrogen-bond acceptors (Lipinski definition) is 4. The lowest BCUT2D eigenvalue weighted by Crippen LogP contribution is -2.45. The summed E-state index contributed by atoms with van der Waals surface area (Å²) in [4.78, 5) is 2.22. The maximum atomic E-state index is 11.8. The molecule has 0 unspecified atom stereocenters. The van der Waals surface area contributed by atoms with Gasteiger partial charge in [-0.3, -0.25) is 4.90 Å². The molecule has 3 atom stereocenters. The first-order valence-electron chi connectivity index (χ1n) is 6.99. The summed E-state index contributed by atoms with van der Waals surface area (Å²) in [6.45, 7) is 1.73. The Balaban J connectivity index is 1.93. The molecule has 1 saturated carbocycles. The van der Waals surface area contributed by atoms with Crippen molar-refractivity contribution in [2.75, 3.05) is 26.5 Å². The van der Waals surface area contributed by atoms with E-state index in [2.05, 4.69) is 4.90 Å². The van der Waals surface area contributed by atoms with Crippen molar-refractivity contribution in [3.8, 4) is 0 Å². The van der Waals surface area contributed by atoms with Crippen molar-refractivity contribution in [1.29, 1.82) is 0 Å². The minimum atomic E-state index is -2.92. The van der Waals surface area contributed by atoms with Crippen LogP contribution in [0.15, 0.2) is 0 Å². The second kappa shape index (κ2) is 5.88. The summed E-state index contributed by atoms with van der Waals surface area (Å²) in [7, 11) is -0.872. The molecule has 0 bridgehead atoms. The van der Waals surface area contributed by atoms with Crippen LogP contribution in [0.2, 0.25) is 0 Å². The fourth-order valence-electron chi connectivity index (χ4n) is 3.32. The summed E-state index contributed by atoms with van der Waals surface area (Å²) in [6.07, 6.45) is 8.03. The van der Waals surface area contributed by atoms with Crippen LogP contribution >= 0.6 is 0 Å². The Labute approximate surface area is 111 Å². The largest absolute Gasteiger partial charge is 0.377 e. The van der Waals surface area contributed by atoms with Crippen LogP contribution in [0.3, 0.4) is 0 Å². The zero-order valence-corrected chi connectivity index (χ0v) is 12.3. The van der Waals surface area contributed by atoms with E-state index in [1.165, 1.54) is 12.7 Å². The molecule has 0 N–H and O–H groups in total. The summed E-state index contributed by atoms with van der Waals surface area (Å²) < 4.78 is 29.3. The summed E-state index contributed by atoms with van der Waals surface area (Å²) >= 11 is 0. The Kier molecular flexibility index (Phi) is 4.67. The van der Waals surface area contributed by atoms with Crippen molar-refractivity contribution in [3.63, 3.8) is 0 Å². The highest BCUT2D eigenvalue weighted by Crippen LogP contribution is 2.29. The van der Waals surface area contributed by atoms with E-state index in [-0.39, 0.29) is 11.3 Å². The average molecular weight is 275 g/mol. The van der Waals surface area contributed by atoms with E-state index in [0.717, 1.165) is 45.3 Å². The number of nitrogens with zero attached hydrogens (tertiary/aromatic N) is 1. The molecule has 0 aromatic rings. The molecule has 1 heterocycles. The van der Waals surface area contributed by atoms with Crippen molar-refractivity contribution in [2.24, 2.45) is 0 Å². The first-order valence-corrected chi connectivity index (χ1v) is 8.94. The van der Waals surface area contributed by atoms with Crippen LogP contribution in [0.25, 0.3) is 0 Å². The molecule has 2 fully saturated rings. The molecule has 1 saturated heterocycles. The lowest BCUT2D eigenvalue weighted by atomic mass is 10.1. The normalized spacial score (nSPS) is 34.1. The number of hydrogen-bond donors (Lipinski definition) is 0. The molecule has 4 nitrogen and oxygen atoms in total. The van der Waals surface area contributed by atoms with Gasteiger partial charge in [-0.15, -0.1) is 0 Å². The van der Waals surface area contributed by atoms with Gasteiger partial charge in [-0.05, 0) is 39.2 Å². The van der Waals surface area contributed by atoms with E-state index < -0.39 is 9.84 Å². The second-order valence-electron chi connectivity index (χ2n) is 5.79. The summed E-state index contributed by atoms with van der Waals surface area (Å²) in [5.41, 5.74) is 0.